The summed E-state index contributed by atoms with van der Waals surface area (Å²) in [5, 5.41) is 19.7. The minimum atomic E-state index is -0.626. The van der Waals surface area contributed by atoms with Gasteiger partial charge in [-0.3, -0.25) is 4.79 Å². The zero-order chi connectivity index (χ0) is 17.6. The summed E-state index contributed by atoms with van der Waals surface area (Å²) in [5.74, 6) is 0.245. The molecule has 0 aliphatic heterocycles. The minimum absolute atomic E-state index is 0.0157. The second kappa shape index (κ2) is 5.42. The van der Waals surface area contributed by atoms with Gasteiger partial charge >= 0.3 is 0 Å². The summed E-state index contributed by atoms with van der Waals surface area (Å²) < 4.78 is 5.19. The van der Waals surface area contributed by atoms with Crippen LogP contribution in [0.15, 0.2) is 17.7 Å². The first-order chi connectivity index (χ1) is 10.5. The van der Waals surface area contributed by atoms with Crippen LogP contribution in [0.5, 0.6) is 11.5 Å². The summed E-state index contributed by atoms with van der Waals surface area (Å²) in [7, 11) is 1.50. The molecule has 4 heteroatoms. The molecule has 1 N–H and O–H groups in total. The lowest BCUT2D eigenvalue weighted by molar-refractivity contribution is -0.122. The highest BCUT2D eigenvalue weighted by molar-refractivity contribution is 6.09. The number of ether oxygens (including phenoxy) is 1. The monoisotopic (exact) mass is 313 g/mol. The maximum absolute atomic E-state index is 12.6. The van der Waals surface area contributed by atoms with E-state index in [9.17, 15) is 15.2 Å². The fraction of sp³-hybridized carbons (Fsp3) is 0.474. The van der Waals surface area contributed by atoms with Crippen molar-refractivity contribution in [3.05, 3.63) is 28.8 Å². The third kappa shape index (κ3) is 2.84. The number of methoxy groups -OCH3 is 1. The topological polar surface area (TPSA) is 70.3 Å². The third-order valence-corrected chi connectivity index (χ3v) is 4.31. The van der Waals surface area contributed by atoms with Gasteiger partial charge in [-0.15, -0.1) is 0 Å². The van der Waals surface area contributed by atoms with E-state index in [1.165, 1.54) is 7.11 Å². The van der Waals surface area contributed by atoms with Crippen molar-refractivity contribution >= 4 is 11.4 Å². The van der Waals surface area contributed by atoms with E-state index in [0.29, 0.717) is 17.7 Å². The summed E-state index contributed by atoms with van der Waals surface area (Å²) in [4.78, 5) is 12.6. The van der Waals surface area contributed by atoms with Crippen LogP contribution < -0.4 is 4.74 Å². The number of nitrogens with zero attached hydrogens (tertiary/aromatic N) is 1. The molecule has 2 rings (SSSR count). The van der Waals surface area contributed by atoms with Gasteiger partial charge in [-0.25, -0.2) is 0 Å². The van der Waals surface area contributed by atoms with Gasteiger partial charge in [0, 0.05) is 5.41 Å². The lowest BCUT2D eigenvalue weighted by atomic mass is 9.83. The van der Waals surface area contributed by atoms with Crippen LogP contribution in [-0.4, -0.2) is 18.0 Å². The number of ketones is 1. The molecule has 0 saturated heterocycles. The van der Waals surface area contributed by atoms with Crippen molar-refractivity contribution in [1.29, 1.82) is 5.26 Å². The van der Waals surface area contributed by atoms with Gasteiger partial charge in [0.2, 0.25) is 0 Å². The number of allylic oxidation sites excluding steroid dienone is 2. The zero-order valence-corrected chi connectivity index (χ0v) is 14.6. The lowest BCUT2D eigenvalue weighted by Gasteiger charge is -2.19. The first kappa shape index (κ1) is 17.1. The van der Waals surface area contributed by atoms with E-state index < -0.39 is 5.41 Å². The van der Waals surface area contributed by atoms with Gasteiger partial charge < -0.3 is 9.84 Å². The molecule has 0 heterocycles. The molecule has 1 aliphatic carbocycles. The quantitative estimate of drug-likeness (QED) is 0.662. The highest BCUT2D eigenvalue weighted by Crippen LogP contribution is 2.50. The van der Waals surface area contributed by atoms with Crippen LogP contribution in [0.25, 0.3) is 5.57 Å². The standard InChI is InChI=1S/C19H23NO3/c1-18(2,3)17(22)13(10-20)12-9-19(4,5)14-8-16(23-6)15(21)7-11(12)14/h7-8,21H,9H2,1-6H3/b13-12+. The molecule has 1 aromatic rings. The fourth-order valence-corrected chi connectivity index (χ4v) is 3.03. The molecule has 0 radical (unpaired) electrons. The van der Waals surface area contributed by atoms with Crippen molar-refractivity contribution in [2.45, 2.75) is 46.5 Å². The molecule has 4 nitrogen and oxygen atoms in total. The summed E-state index contributed by atoms with van der Waals surface area (Å²) >= 11 is 0. The van der Waals surface area contributed by atoms with Gasteiger partial charge in [-0.05, 0) is 40.7 Å². The SMILES string of the molecule is COc1cc2c(cc1O)/C(=C(\C#N)C(=O)C(C)(C)C)CC2(C)C. The van der Waals surface area contributed by atoms with Crippen LogP contribution in [-0.2, 0) is 10.2 Å². The largest absolute Gasteiger partial charge is 0.504 e. The number of phenols is 1. The van der Waals surface area contributed by atoms with Crippen LogP contribution in [0, 0.1) is 16.7 Å². The second-order valence-electron chi connectivity index (χ2n) is 7.67. The predicted octanol–water partition coefficient (Wildman–Crippen LogP) is 3.97. The first-order valence-corrected chi connectivity index (χ1v) is 7.63. The number of nitriles is 1. The molecule has 0 unspecified atom stereocenters. The van der Waals surface area contributed by atoms with Crippen LogP contribution in [0.1, 0.15) is 52.2 Å². The summed E-state index contributed by atoms with van der Waals surface area (Å²) in [6.45, 7) is 9.54. The van der Waals surface area contributed by atoms with E-state index in [2.05, 4.69) is 19.9 Å². The molecule has 23 heavy (non-hydrogen) atoms. The Labute approximate surface area is 137 Å². The number of hydrogen-bond donors (Lipinski definition) is 1. The van der Waals surface area contributed by atoms with Gasteiger partial charge in [0.05, 0.1) is 12.7 Å². The Morgan fingerprint density at radius 3 is 2.43 bits per heavy atom. The summed E-state index contributed by atoms with van der Waals surface area (Å²) in [5.41, 5.74) is 1.80. The first-order valence-electron chi connectivity index (χ1n) is 7.63. The van der Waals surface area contributed by atoms with Crippen molar-refractivity contribution in [2.75, 3.05) is 7.11 Å². The van der Waals surface area contributed by atoms with E-state index in [1.807, 2.05) is 0 Å². The van der Waals surface area contributed by atoms with Crippen molar-refractivity contribution in [3.8, 4) is 17.6 Å². The van der Waals surface area contributed by atoms with Gasteiger partial charge in [0.15, 0.2) is 17.3 Å². The Balaban J connectivity index is 2.75. The Morgan fingerprint density at radius 2 is 1.96 bits per heavy atom. The number of benzene rings is 1. The summed E-state index contributed by atoms with van der Waals surface area (Å²) in [6, 6.07) is 5.50. The second-order valence-corrected chi connectivity index (χ2v) is 7.67. The maximum Gasteiger partial charge on any atom is 0.178 e. The third-order valence-electron chi connectivity index (χ3n) is 4.31. The van der Waals surface area contributed by atoms with E-state index in [4.69, 9.17) is 4.74 Å². The summed E-state index contributed by atoms with van der Waals surface area (Å²) in [6.07, 6.45) is 0.583. The van der Waals surface area contributed by atoms with Gasteiger partial charge in [-0.1, -0.05) is 34.6 Å². The number of phenolic OH excluding ortho intramolecular Hbond substituents is 1. The van der Waals surface area contributed by atoms with Crippen LogP contribution in [0.2, 0.25) is 0 Å². The number of fused-ring (bicyclic) bond motifs is 1. The molecule has 0 bridgehead atoms. The minimum Gasteiger partial charge on any atom is -0.504 e. The average Bonchev–Trinajstić information content (AvgIpc) is 2.69. The number of carbonyl (C=O) groups excluding carboxylic acids is 1. The van der Waals surface area contributed by atoms with E-state index in [-0.39, 0.29) is 22.5 Å². The van der Waals surface area contributed by atoms with E-state index in [1.54, 1.807) is 32.9 Å². The van der Waals surface area contributed by atoms with Crippen molar-refractivity contribution in [1.82, 2.24) is 0 Å². The van der Waals surface area contributed by atoms with Gasteiger partial charge in [0.25, 0.3) is 0 Å². The number of carbonyl (C=O) groups is 1. The Kier molecular flexibility index (Phi) is 4.02. The molecular weight excluding hydrogens is 290 g/mol. The molecule has 122 valence electrons. The molecule has 1 aromatic carbocycles. The molecule has 0 saturated carbocycles. The van der Waals surface area contributed by atoms with Crippen molar-refractivity contribution < 1.29 is 14.6 Å². The van der Waals surface area contributed by atoms with E-state index in [0.717, 1.165) is 11.1 Å². The van der Waals surface area contributed by atoms with Gasteiger partial charge in [0.1, 0.15) is 6.07 Å². The van der Waals surface area contributed by atoms with Crippen molar-refractivity contribution in [2.24, 2.45) is 5.41 Å². The molecule has 1 aliphatic rings. The van der Waals surface area contributed by atoms with Gasteiger partial charge in [-0.2, -0.15) is 5.26 Å². The highest BCUT2D eigenvalue weighted by atomic mass is 16.5. The fourth-order valence-electron chi connectivity index (χ4n) is 3.03. The number of Topliss-reactive ketones (excluding diaryl/α,β-unsaturated/α-hetero) is 1. The molecule has 0 fully saturated rings. The van der Waals surface area contributed by atoms with Crippen molar-refractivity contribution in [3.63, 3.8) is 0 Å². The highest BCUT2D eigenvalue weighted by Gasteiger charge is 2.38. The maximum atomic E-state index is 12.6. The normalized spacial score (nSPS) is 18.1. The number of rotatable bonds is 2. The Hall–Kier alpha value is -2.28. The lowest BCUT2D eigenvalue weighted by Crippen LogP contribution is -2.22. The molecule has 0 atom stereocenters. The Morgan fingerprint density at radius 1 is 1.35 bits per heavy atom. The molecule has 0 aromatic heterocycles. The Bertz CT molecular complexity index is 743. The molecular formula is C19H23NO3. The van der Waals surface area contributed by atoms with Crippen LogP contribution in [0.4, 0.5) is 0 Å². The number of hydrogen-bond acceptors (Lipinski definition) is 4. The average molecular weight is 313 g/mol. The molecule has 0 amide bonds. The number of aromatic hydroxyl groups is 1. The van der Waals surface area contributed by atoms with Crippen LogP contribution >= 0.6 is 0 Å². The van der Waals surface area contributed by atoms with E-state index >= 15 is 0 Å². The smallest absolute Gasteiger partial charge is 0.178 e. The van der Waals surface area contributed by atoms with Crippen LogP contribution in [0.3, 0.4) is 0 Å². The predicted molar refractivity (Wildman–Crippen MR) is 89.3 cm³/mol. The molecule has 0 spiro atoms. The zero-order valence-electron chi connectivity index (χ0n) is 14.6.